The van der Waals surface area contributed by atoms with Gasteiger partial charge in [-0.15, -0.1) is 0 Å². The van der Waals surface area contributed by atoms with E-state index in [4.69, 9.17) is 12.2 Å². The summed E-state index contributed by atoms with van der Waals surface area (Å²) in [7, 11) is 0. The van der Waals surface area contributed by atoms with Gasteiger partial charge in [0.1, 0.15) is 5.39 Å². The summed E-state index contributed by atoms with van der Waals surface area (Å²) in [4.78, 5) is 15.0. The molecule has 1 aliphatic rings. The molecule has 0 amide bonds. The zero-order chi connectivity index (χ0) is 15.4. The van der Waals surface area contributed by atoms with Crippen molar-refractivity contribution in [1.29, 1.82) is 0 Å². The van der Waals surface area contributed by atoms with E-state index in [1.54, 1.807) is 0 Å². The predicted molar refractivity (Wildman–Crippen MR) is 88.3 cm³/mol. The first-order valence-corrected chi connectivity index (χ1v) is 7.46. The molecule has 0 radical (unpaired) electrons. The third-order valence-corrected chi connectivity index (χ3v) is 4.37. The largest absolute Gasteiger partial charge is 0.298 e. The standard InChI is InChI=1S/C16H14N4OS/c1-9-8-19-15-12(14(21)17-16(19)22)10(2)18-20(15)13(9)11-6-4-3-5-7-11/h3-7H,8H2,1-2H3,(H,17,21,22). The Kier molecular flexibility index (Phi) is 2.71. The third kappa shape index (κ3) is 1.67. The van der Waals surface area contributed by atoms with Crippen molar-refractivity contribution >= 4 is 28.9 Å². The van der Waals surface area contributed by atoms with Gasteiger partial charge in [0, 0.05) is 12.1 Å². The summed E-state index contributed by atoms with van der Waals surface area (Å²) in [5, 5.41) is 5.21. The Balaban J connectivity index is 2.17. The van der Waals surface area contributed by atoms with Crippen molar-refractivity contribution in [1.82, 2.24) is 19.3 Å². The minimum Gasteiger partial charge on any atom is -0.298 e. The minimum absolute atomic E-state index is 0.174. The van der Waals surface area contributed by atoms with Crippen molar-refractivity contribution in [3.63, 3.8) is 0 Å². The van der Waals surface area contributed by atoms with Gasteiger partial charge in [0.25, 0.3) is 5.56 Å². The summed E-state index contributed by atoms with van der Waals surface area (Å²) in [5.41, 5.74) is 4.58. The quantitative estimate of drug-likeness (QED) is 0.703. The molecule has 1 aliphatic heterocycles. The Hall–Kier alpha value is -2.47. The first kappa shape index (κ1) is 13.2. The number of allylic oxidation sites excluding steroid dienone is 1. The fraction of sp³-hybridized carbons (Fsp3) is 0.188. The van der Waals surface area contributed by atoms with E-state index in [9.17, 15) is 4.79 Å². The van der Waals surface area contributed by atoms with Gasteiger partial charge in [-0.3, -0.25) is 14.3 Å². The molecular weight excluding hydrogens is 296 g/mol. The highest BCUT2D eigenvalue weighted by atomic mass is 32.1. The Morgan fingerprint density at radius 2 is 1.95 bits per heavy atom. The van der Waals surface area contributed by atoms with Gasteiger partial charge in [-0.2, -0.15) is 5.10 Å². The second-order valence-electron chi connectivity index (χ2n) is 5.54. The third-order valence-electron chi connectivity index (χ3n) is 4.04. The van der Waals surface area contributed by atoms with Crippen LogP contribution >= 0.6 is 12.2 Å². The number of rotatable bonds is 1. The van der Waals surface area contributed by atoms with Crippen LogP contribution in [0.3, 0.4) is 0 Å². The van der Waals surface area contributed by atoms with Crippen LogP contribution < -0.4 is 5.56 Å². The highest BCUT2D eigenvalue weighted by Gasteiger charge is 2.24. The van der Waals surface area contributed by atoms with Crippen LogP contribution in [0, 0.1) is 11.7 Å². The molecule has 0 aliphatic carbocycles. The van der Waals surface area contributed by atoms with Crippen molar-refractivity contribution in [2.24, 2.45) is 0 Å². The molecule has 1 aromatic carbocycles. The highest BCUT2D eigenvalue weighted by Crippen LogP contribution is 2.30. The van der Waals surface area contributed by atoms with Crippen LogP contribution in [0.15, 0.2) is 40.7 Å². The number of aryl methyl sites for hydroxylation is 1. The summed E-state index contributed by atoms with van der Waals surface area (Å²) in [6.45, 7) is 4.58. The zero-order valence-electron chi connectivity index (χ0n) is 12.3. The molecule has 3 aromatic rings. The van der Waals surface area contributed by atoms with Gasteiger partial charge >= 0.3 is 0 Å². The molecule has 2 aromatic heterocycles. The van der Waals surface area contributed by atoms with Crippen molar-refractivity contribution in [2.75, 3.05) is 0 Å². The lowest BCUT2D eigenvalue weighted by Crippen LogP contribution is -2.21. The van der Waals surface area contributed by atoms with Crippen LogP contribution in [0.4, 0.5) is 0 Å². The van der Waals surface area contributed by atoms with Crippen LogP contribution in [-0.2, 0) is 6.54 Å². The van der Waals surface area contributed by atoms with Crippen LogP contribution in [0.2, 0.25) is 0 Å². The average molecular weight is 310 g/mol. The summed E-state index contributed by atoms with van der Waals surface area (Å²) in [5.74, 6) is 0. The molecule has 0 saturated heterocycles. The van der Waals surface area contributed by atoms with Crippen molar-refractivity contribution in [2.45, 2.75) is 20.4 Å². The molecular formula is C16H14N4OS. The number of aromatic amines is 1. The number of H-pyrrole nitrogens is 1. The summed E-state index contributed by atoms with van der Waals surface area (Å²) >= 11 is 5.32. The Morgan fingerprint density at radius 1 is 1.23 bits per heavy atom. The van der Waals surface area contributed by atoms with E-state index < -0.39 is 0 Å². The van der Waals surface area contributed by atoms with Gasteiger partial charge in [0.05, 0.1) is 11.4 Å². The second-order valence-corrected chi connectivity index (χ2v) is 5.92. The Bertz CT molecular complexity index is 1050. The minimum atomic E-state index is -0.174. The van der Waals surface area contributed by atoms with Crippen molar-refractivity contribution in [3.05, 3.63) is 62.3 Å². The highest BCUT2D eigenvalue weighted by molar-refractivity contribution is 7.71. The molecule has 110 valence electrons. The molecule has 6 heteroatoms. The fourth-order valence-corrected chi connectivity index (χ4v) is 3.36. The number of nitrogens with zero attached hydrogens (tertiary/aromatic N) is 3. The molecule has 3 heterocycles. The van der Waals surface area contributed by atoms with Crippen molar-refractivity contribution < 1.29 is 0 Å². The van der Waals surface area contributed by atoms with Gasteiger partial charge in [0.2, 0.25) is 0 Å². The van der Waals surface area contributed by atoms with E-state index in [2.05, 4.69) is 29.1 Å². The molecule has 0 fully saturated rings. The molecule has 1 N–H and O–H groups in total. The molecule has 0 atom stereocenters. The molecule has 4 rings (SSSR count). The summed E-state index contributed by atoms with van der Waals surface area (Å²) in [6, 6.07) is 10.1. The van der Waals surface area contributed by atoms with Crippen LogP contribution in [-0.4, -0.2) is 19.3 Å². The topological polar surface area (TPSA) is 55.6 Å². The van der Waals surface area contributed by atoms with Crippen LogP contribution in [0.5, 0.6) is 0 Å². The van der Waals surface area contributed by atoms with Crippen LogP contribution in [0.1, 0.15) is 18.2 Å². The van der Waals surface area contributed by atoms with E-state index in [1.807, 2.05) is 34.4 Å². The molecule has 0 unspecified atom stereocenters. The van der Waals surface area contributed by atoms with E-state index in [1.165, 1.54) is 0 Å². The maximum Gasteiger partial charge on any atom is 0.263 e. The fourth-order valence-electron chi connectivity index (χ4n) is 3.11. The zero-order valence-corrected chi connectivity index (χ0v) is 13.1. The Morgan fingerprint density at radius 3 is 2.68 bits per heavy atom. The molecule has 0 bridgehead atoms. The van der Waals surface area contributed by atoms with E-state index in [0.29, 0.717) is 22.4 Å². The number of nitrogens with one attached hydrogen (secondary N) is 1. The van der Waals surface area contributed by atoms with Gasteiger partial charge in [-0.25, -0.2) is 4.68 Å². The van der Waals surface area contributed by atoms with Gasteiger partial charge in [-0.1, -0.05) is 30.3 Å². The van der Waals surface area contributed by atoms with Gasteiger partial charge in [0.15, 0.2) is 10.4 Å². The number of hydrogen-bond acceptors (Lipinski definition) is 3. The maximum atomic E-state index is 12.2. The normalized spacial score (nSPS) is 13.9. The average Bonchev–Trinajstić information content (AvgIpc) is 2.83. The molecule has 0 spiro atoms. The lowest BCUT2D eigenvalue weighted by molar-refractivity contribution is 0.707. The summed E-state index contributed by atoms with van der Waals surface area (Å²) in [6.07, 6.45) is 0. The molecule has 0 saturated carbocycles. The lowest BCUT2D eigenvalue weighted by Gasteiger charge is -2.22. The number of aromatic nitrogens is 4. The SMILES string of the molecule is CC1=C(c2ccccc2)n2nc(C)c3c(=O)[nH]c(=S)n(c32)C1. The van der Waals surface area contributed by atoms with Gasteiger partial charge < -0.3 is 0 Å². The van der Waals surface area contributed by atoms with Crippen molar-refractivity contribution in [3.8, 4) is 0 Å². The molecule has 5 nitrogen and oxygen atoms in total. The monoisotopic (exact) mass is 310 g/mol. The molecule has 22 heavy (non-hydrogen) atoms. The van der Waals surface area contributed by atoms with E-state index >= 15 is 0 Å². The smallest absolute Gasteiger partial charge is 0.263 e. The van der Waals surface area contributed by atoms with Crippen LogP contribution in [0.25, 0.3) is 16.7 Å². The first-order chi connectivity index (χ1) is 10.6. The number of benzene rings is 1. The number of hydrogen-bond donors (Lipinski definition) is 1. The van der Waals surface area contributed by atoms with Gasteiger partial charge in [-0.05, 0) is 31.6 Å². The lowest BCUT2D eigenvalue weighted by atomic mass is 10.1. The first-order valence-electron chi connectivity index (χ1n) is 7.06. The Labute approximate surface area is 131 Å². The van der Waals surface area contributed by atoms with E-state index in [0.717, 1.165) is 22.5 Å². The van der Waals surface area contributed by atoms with E-state index in [-0.39, 0.29) is 5.56 Å². The maximum absolute atomic E-state index is 12.2. The predicted octanol–water partition coefficient (Wildman–Crippen LogP) is 2.86. The summed E-state index contributed by atoms with van der Waals surface area (Å²) < 4.78 is 4.22. The second kappa shape index (κ2) is 4.51.